The molecule has 0 spiro atoms. The Morgan fingerprint density at radius 2 is 2.07 bits per heavy atom. The van der Waals surface area contributed by atoms with Crippen molar-refractivity contribution >= 4 is 5.91 Å². The van der Waals surface area contributed by atoms with Gasteiger partial charge in [-0.25, -0.2) is 4.68 Å². The number of aryl methyl sites for hydroxylation is 1. The van der Waals surface area contributed by atoms with E-state index in [0.717, 1.165) is 4.68 Å². The third-order valence-electron chi connectivity index (χ3n) is 4.76. The average Bonchev–Trinajstić information content (AvgIpc) is 2.70. The third-order valence-corrected chi connectivity index (χ3v) is 4.76. The van der Waals surface area contributed by atoms with Gasteiger partial charge in [0.2, 0.25) is 5.91 Å². The third kappa shape index (κ3) is 3.83. The highest BCUT2D eigenvalue weighted by molar-refractivity contribution is 5.76. The van der Waals surface area contributed by atoms with E-state index in [0.29, 0.717) is 42.5 Å². The number of hydrogen-bond acceptors (Lipinski definition) is 6. The highest BCUT2D eigenvalue weighted by atomic mass is 16.6. The molecule has 0 saturated carbocycles. The van der Waals surface area contributed by atoms with Gasteiger partial charge in [0.25, 0.3) is 5.56 Å². The molecule has 8 heteroatoms. The van der Waals surface area contributed by atoms with E-state index in [1.54, 1.807) is 18.7 Å². The van der Waals surface area contributed by atoms with Crippen molar-refractivity contribution in [1.29, 1.82) is 5.26 Å². The summed E-state index contributed by atoms with van der Waals surface area (Å²) in [6, 6.07) is 9.28. The zero-order valence-corrected chi connectivity index (χ0v) is 16.1. The van der Waals surface area contributed by atoms with Gasteiger partial charge in [-0.2, -0.15) is 10.4 Å². The highest BCUT2D eigenvalue weighted by Gasteiger charge is 2.25. The fourth-order valence-electron chi connectivity index (χ4n) is 3.04. The Hall–Kier alpha value is -3.34. The maximum Gasteiger partial charge on any atom is 0.285 e. The maximum absolute atomic E-state index is 12.8. The molecule has 2 heterocycles. The van der Waals surface area contributed by atoms with Crippen molar-refractivity contribution in [2.75, 3.05) is 19.7 Å². The van der Waals surface area contributed by atoms with E-state index in [9.17, 15) is 14.9 Å². The number of fused-ring (bicyclic) bond motifs is 1. The molecule has 1 aromatic heterocycles. The predicted molar refractivity (Wildman–Crippen MR) is 101 cm³/mol. The van der Waals surface area contributed by atoms with Gasteiger partial charge in [0, 0.05) is 6.54 Å². The van der Waals surface area contributed by atoms with Gasteiger partial charge in [-0.1, -0.05) is 12.1 Å². The minimum Gasteiger partial charge on any atom is -0.486 e. The highest BCUT2D eigenvalue weighted by Crippen LogP contribution is 2.31. The molecule has 1 atom stereocenters. The number of nitrogens with zero attached hydrogens (tertiary/aromatic N) is 4. The van der Waals surface area contributed by atoms with E-state index in [1.807, 2.05) is 37.3 Å². The van der Waals surface area contributed by atoms with E-state index >= 15 is 0 Å². The number of benzene rings is 1. The first kappa shape index (κ1) is 19.4. The molecule has 0 bridgehead atoms. The lowest BCUT2D eigenvalue weighted by molar-refractivity contribution is -0.133. The summed E-state index contributed by atoms with van der Waals surface area (Å²) in [6.45, 7) is 6.12. The molecule has 8 nitrogen and oxygen atoms in total. The summed E-state index contributed by atoms with van der Waals surface area (Å²) in [5, 5.41) is 13.4. The van der Waals surface area contributed by atoms with Gasteiger partial charge >= 0.3 is 0 Å². The summed E-state index contributed by atoms with van der Waals surface area (Å²) in [5.74, 6) is 1.06. The molecule has 1 aliphatic rings. The van der Waals surface area contributed by atoms with Gasteiger partial charge in [0.05, 0.1) is 12.2 Å². The minimum atomic E-state index is -0.554. The van der Waals surface area contributed by atoms with Crippen LogP contribution in [0.25, 0.3) is 0 Å². The zero-order chi connectivity index (χ0) is 20.3. The molecule has 0 radical (unpaired) electrons. The number of likely N-dealkylation sites (N-methyl/N-ethyl adjacent to an activating group) is 1. The van der Waals surface area contributed by atoms with Crippen molar-refractivity contribution in [2.24, 2.45) is 0 Å². The number of amides is 1. The first-order chi connectivity index (χ1) is 13.4. The molecular formula is C20H22N4O4. The molecule has 2 aromatic rings. The number of hydrogen-bond donors (Lipinski definition) is 0. The number of carbonyl (C=O) groups is 1. The first-order valence-electron chi connectivity index (χ1n) is 9.09. The lowest BCUT2D eigenvalue weighted by atomic mass is 10.1. The summed E-state index contributed by atoms with van der Waals surface area (Å²) < 4.78 is 12.7. The van der Waals surface area contributed by atoms with Crippen molar-refractivity contribution in [3.05, 3.63) is 51.4 Å². The number of para-hydroxylation sites is 2. The van der Waals surface area contributed by atoms with E-state index < -0.39 is 5.56 Å². The van der Waals surface area contributed by atoms with Crippen molar-refractivity contribution < 1.29 is 14.3 Å². The Bertz CT molecular complexity index is 993. The molecule has 28 heavy (non-hydrogen) atoms. The Labute approximate surface area is 162 Å². The topological polar surface area (TPSA) is 97.4 Å². The van der Waals surface area contributed by atoms with E-state index in [4.69, 9.17) is 9.47 Å². The van der Waals surface area contributed by atoms with Crippen molar-refractivity contribution in [1.82, 2.24) is 14.7 Å². The maximum atomic E-state index is 12.8. The molecule has 1 aliphatic heterocycles. The van der Waals surface area contributed by atoms with Crippen molar-refractivity contribution in [2.45, 2.75) is 33.4 Å². The predicted octanol–water partition coefficient (Wildman–Crippen LogP) is 1.42. The summed E-state index contributed by atoms with van der Waals surface area (Å²) in [6.07, 6.45) is -0.307. The number of nitriles is 1. The summed E-state index contributed by atoms with van der Waals surface area (Å²) in [4.78, 5) is 26.8. The van der Waals surface area contributed by atoms with Gasteiger partial charge in [-0.05, 0) is 38.5 Å². The van der Waals surface area contributed by atoms with Crippen LogP contribution in [0.3, 0.4) is 0 Å². The van der Waals surface area contributed by atoms with Gasteiger partial charge in [-0.15, -0.1) is 0 Å². The fourth-order valence-corrected chi connectivity index (χ4v) is 3.04. The fraction of sp³-hybridized carbons (Fsp3) is 0.400. The molecule has 0 aliphatic carbocycles. The smallest absolute Gasteiger partial charge is 0.285 e. The Balaban J connectivity index is 1.72. The number of rotatable bonds is 5. The summed E-state index contributed by atoms with van der Waals surface area (Å²) >= 11 is 0. The van der Waals surface area contributed by atoms with E-state index in [1.165, 1.54) is 0 Å². The normalized spacial score (nSPS) is 15.0. The van der Waals surface area contributed by atoms with Crippen LogP contribution in [-0.4, -0.2) is 46.4 Å². The molecule has 0 saturated heterocycles. The second kappa shape index (κ2) is 8.13. The van der Waals surface area contributed by atoms with Gasteiger partial charge in [0.15, 0.2) is 17.6 Å². The summed E-state index contributed by atoms with van der Waals surface area (Å²) in [5.41, 5.74) is 0.549. The molecule has 0 unspecified atom stereocenters. The average molecular weight is 382 g/mol. The van der Waals surface area contributed by atoms with Crippen LogP contribution in [0.5, 0.6) is 11.5 Å². The van der Waals surface area contributed by atoms with Gasteiger partial charge in [0.1, 0.15) is 24.8 Å². The van der Waals surface area contributed by atoms with Crippen molar-refractivity contribution in [3.63, 3.8) is 0 Å². The Kier molecular flexibility index (Phi) is 5.64. The zero-order valence-electron chi connectivity index (χ0n) is 16.1. The van der Waals surface area contributed by atoms with Crippen LogP contribution >= 0.6 is 0 Å². The Morgan fingerprint density at radius 1 is 1.36 bits per heavy atom. The van der Waals surface area contributed by atoms with E-state index in [2.05, 4.69) is 5.10 Å². The quantitative estimate of drug-likeness (QED) is 0.776. The lowest BCUT2D eigenvalue weighted by Crippen LogP contribution is -2.45. The van der Waals surface area contributed by atoms with Crippen LogP contribution in [-0.2, 0) is 11.3 Å². The van der Waals surface area contributed by atoms with Crippen LogP contribution < -0.4 is 15.0 Å². The molecule has 1 aromatic carbocycles. The van der Waals surface area contributed by atoms with Crippen LogP contribution in [0, 0.1) is 25.2 Å². The molecule has 3 rings (SSSR count). The molecule has 0 fully saturated rings. The standard InChI is InChI=1S/C20H22N4O4/c1-4-23(10-15-12-27-17-7-5-6-8-18(17)28-15)19(25)11-24-20(26)16(9-21)13(2)14(3)22-24/h5-8,15H,4,10-12H2,1-3H3/t15-/m0/s1. The molecule has 1 amide bonds. The van der Waals surface area contributed by atoms with E-state index in [-0.39, 0.29) is 24.1 Å². The first-order valence-corrected chi connectivity index (χ1v) is 9.09. The van der Waals surface area contributed by atoms with Crippen molar-refractivity contribution in [3.8, 4) is 17.6 Å². The molecule has 0 N–H and O–H groups in total. The van der Waals surface area contributed by atoms with Crippen LogP contribution in [0.2, 0.25) is 0 Å². The molecule has 146 valence electrons. The molecular weight excluding hydrogens is 360 g/mol. The largest absolute Gasteiger partial charge is 0.486 e. The lowest BCUT2D eigenvalue weighted by Gasteiger charge is -2.31. The monoisotopic (exact) mass is 382 g/mol. The Morgan fingerprint density at radius 3 is 2.75 bits per heavy atom. The van der Waals surface area contributed by atoms with Gasteiger partial charge < -0.3 is 14.4 Å². The summed E-state index contributed by atoms with van der Waals surface area (Å²) in [7, 11) is 0. The van der Waals surface area contributed by atoms with Gasteiger partial charge in [-0.3, -0.25) is 9.59 Å². The second-order valence-corrected chi connectivity index (χ2v) is 6.59. The SMILES string of the molecule is CCN(C[C@H]1COc2ccccc2O1)C(=O)Cn1nc(C)c(C)c(C#N)c1=O. The van der Waals surface area contributed by atoms with Crippen LogP contribution in [0.1, 0.15) is 23.7 Å². The number of carbonyl (C=O) groups excluding carboxylic acids is 1. The second-order valence-electron chi connectivity index (χ2n) is 6.59. The van der Waals surface area contributed by atoms with Crippen LogP contribution in [0.15, 0.2) is 29.1 Å². The number of ether oxygens (including phenoxy) is 2. The van der Waals surface area contributed by atoms with Crippen LogP contribution in [0.4, 0.5) is 0 Å². The number of aromatic nitrogens is 2. The minimum absolute atomic E-state index is 0.0176.